The number of carbonyl (C=O) groups is 2. The van der Waals surface area contributed by atoms with E-state index >= 15 is 0 Å². The minimum atomic E-state index is -0.130. The van der Waals surface area contributed by atoms with Crippen molar-refractivity contribution in [1.82, 2.24) is 19.7 Å². The molecule has 1 aliphatic carbocycles. The van der Waals surface area contributed by atoms with Gasteiger partial charge in [-0.3, -0.25) is 19.5 Å². The second kappa shape index (κ2) is 7.74. The molecule has 0 unspecified atom stereocenters. The maximum absolute atomic E-state index is 12.9. The molecule has 1 atom stereocenters. The number of pyridine rings is 1. The van der Waals surface area contributed by atoms with Crippen LogP contribution in [0, 0.1) is 5.92 Å². The molecule has 4 rings (SSSR count). The number of carbonyl (C=O) groups excluding carboxylic acids is 2. The highest BCUT2D eigenvalue weighted by atomic mass is 16.2. The van der Waals surface area contributed by atoms with Crippen molar-refractivity contribution < 1.29 is 9.59 Å². The van der Waals surface area contributed by atoms with E-state index in [1.54, 1.807) is 0 Å². The summed E-state index contributed by atoms with van der Waals surface area (Å²) in [5.41, 5.74) is 1.26. The summed E-state index contributed by atoms with van der Waals surface area (Å²) in [5.74, 6) is 0.240. The van der Waals surface area contributed by atoms with Crippen LogP contribution < -0.4 is 0 Å². The molecular formula is C20H28N4O2. The molecular weight excluding hydrogens is 328 g/mol. The van der Waals surface area contributed by atoms with E-state index in [2.05, 4.69) is 9.88 Å². The number of nitrogens with zero attached hydrogens (tertiary/aromatic N) is 4. The van der Waals surface area contributed by atoms with Crippen LogP contribution in [-0.4, -0.2) is 70.3 Å². The summed E-state index contributed by atoms with van der Waals surface area (Å²) in [6.07, 6.45) is 8.71. The summed E-state index contributed by atoms with van der Waals surface area (Å²) in [6.45, 7) is 4.85. The van der Waals surface area contributed by atoms with Gasteiger partial charge in [-0.2, -0.15) is 0 Å². The lowest BCUT2D eigenvalue weighted by Gasteiger charge is -2.36. The molecule has 1 saturated carbocycles. The minimum Gasteiger partial charge on any atom is -0.340 e. The molecule has 2 saturated heterocycles. The van der Waals surface area contributed by atoms with Crippen LogP contribution in [0.5, 0.6) is 0 Å². The summed E-state index contributed by atoms with van der Waals surface area (Å²) in [4.78, 5) is 35.6. The molecule has 6 heteroatoms. The molecule has 0 aromatic carbocycles. The van der Waals surface area contributed by atoms with Gasteiger partial charge in [-0.1, -0.05) is 12.8 Å². The van der Waals surface area contributed by atoms with Crippen LogP contribution in [0.2, 0.25) is 0 Å². The van der Waals surface area contributed by atoms with Crippen LogP contribution in [0.1, 0.15) is 37.7 Å². The average molecular weight is 356 g/mol. The van der Waals surface area contributed by atoms with Crippen LogP contribution in [0.4, 0.5) is 0 Å². The van der Waals surface area contributed by atoms with Gasteiger partial charge >= 0.3 is 0 Å². The quantitative estimate of drug-likeness (QED) is 0.821. The van der Waals surface area contributed by atoms with Crippen LogP contribution >= 0.6 is 0 Å². The van der Waals surface area contributed by atoms with E-state index < -0.39 is 0 Å². The Hall–Kier alpha value is -1.95. The SMILES string of the molecule is O=C([C@H]1CC(=O)N(C2CCCC2)C1)N1CCN(Cc2ccncc2)CC1. The van der Waals surface area contributed by atoms with Crippen molar-refractivity contribution in [2.45, 2.75) is 44.7 Å². The number of hydrogen-bond donors (Lipinski definition) is 0. The fourth-order valence-electron chi connectivity index (χ4n) is 4.60. The van der Waals surface area contributed by atoms with Crippen molar-refractivity contribution in [2.24, 2.45) is 5.92 Å². The molecule has 3 aliphatic rings. The summed E-state index contributed by atoms with van der Waals surface area (Å²) < 4.78 is 0. The van der Waals surface area contributed by atoms with Gasteiger partial charge < -0.3 is 9.80 Å². The summed E-state index contributed by atoms with van der Waals surface area (Å²) in [7, 11) is 0. The first-order chi connectivity index (χ1) is 12.7. The maximum atomic E-state index is 12.9. The normalized spacial score (nSPS) is 25.2. The van der Waals surface area contributed by atoms with E-state index in [4.69, 9.17) is 0 Å². The molecule has 6 nitrogen and oxygen atoms in total. The van der Waals surface area contributed by atoms with Crippen molar-refractivity contribution in [2.75, 3.05) is 32.7 Å². The topological polar surface area (TPSA) is 56.8 Å². The van der Waals surface area contributed by atoms with Crippen LogP contribution in [0.3, 0.4) is 0 Å². The van der Waals surface area contributed by atoms with Crippen molar-refractivity contribution in [3.63, 3.8) is 0 Å². The van der Waals surface area contributed by atoms with Crippen molar-refractivity contribution in [1.29, 1.82) is 0 Å². The van der Waals surface area contributed by atoms with E-state index in [-0.39, 0.29) is 17.7 Å². The molecule has 1 aromatic rings. The Bertz CT molecular complexity index is 636. The summed E-state index contributed by atoms with van der Waals surface area (Å²) in [6, 6.07) is 4.47. The minimum absolute atomic E-state index is 0.130. The first kappa shape index (κ1) is 17.5. The fraction of sp³-hybridized carbons (Fsp3) is 0.650. The molecule has 2 amide bonds. The van der Waals surface area contributed by atoms with Gasteiger partial charge in [0.05, 0.1) is 5.92 Å². The Labute approximate surface area is 155 Å². The lowest BCUT2D eigenvalue weighted by molar-refractivity contribution is -0.137. The molecule has 1 aromatic heterocycles. The zero-order chi connectivity index (χ0) is 17.9. The Morgan fingerprint density at radius 3 is 2.46 bits per heavy atom. The third kappa shape index (κ3) is 3.75. The van der Waals surface area contributed by atoms with Gasteiger partial charge in [0.15, 0.2) is 0 Å². The van der Waals surface area contributed by atoms with E-state index in [9.17, 15) is 9.59 Å². The average Bonchev–Trinajstić information content (AvgIpc) is 3.32. The van der Waals surface area contributed by atoms with E-state index in [1.807, 2.05) is 34.3 Å². The lowest BCUT2D eigenvalue weighted by Crippen LogP contribution is -2.50. The van der Waals surface area contributed by atoms with Crippen LogP contribution in [0.15, 0.2) is 24.5 Å². The van der Waals surface area contributed by atoms with E-state index in [1.165, 1.54) is 18.4 Å². The number of hydrogen-bond acceptors (Lipinski definition) is 4. The zero-order valence-corrected chi connectivity index (χ0v) is 15.3. The predicted octanol–water partition coefficient (Wildman–Crippen LogP) is 1.52. The summed E-state index contributed by atoms with van der Waals surface area (Å²) >= 11 is 0. The smallest absolute Gasteiger partial charge is 0.228 e. The molecule has 26 heavy (non-hydrogen) atoms. The molecule has 0 N–H and O–H groups in total. The highest BCUT2D eigenvalue weighted by molar-refractivity contribution is 5.89. The van der Waals surface area contributed by atoms with Crippen LogP contribution in [-0.2, 0) is 16.1 Å². The maximum Gasteiger partial charge on any atom is 0.228 e. The van der Waals surface area contributed by atoms with Crippen molar-refractivity contribution in [3.8, 4) is 0 Å². The van der Waals surface area contributed by atoms with Gasteiger partial charge in [0, 0.05) is 64.1 Å². The number of aromatic nitrogens is 1. The molecule has 0 radical (unpaired) electrons. The molecule has 140 valence electrons. The van der Waals surface area contributed by atoms with Gasteiger partial charge in [0.2, 0.25) is 11.8 Å². The third-order valence-electron chi connectivity index (χ3n) is 6.11. The number of piperazine rings is 1. The Balaban J connectivity index is 1.28. The zero-order valence-electron chi connectivity index (χ0n) is 15.3. The second-order valence-corrected chi connectivity index (χ2v) is 7.84. The molecule has 0 bridgehead atoms. The standard InChI is InChI=1S/C20H28N4O2/c25-19-13-17(15-24(19)18-3-1-2-4-18)20(26)23-11-9-22(10-12-23)14-16-5-7-21-8-6-16/h5-8,17-18H,1-4,9-15H2/t17-/m0/s1. The number of rotatable bonds is 4. The first-order valence-electron chi connectivity index (χ1n) is 9.90. The Kier molecular flexibility index (Phi) is 5.20. The van der Waals surface area contributed by atoms with Crippen molar-refractivity contribution in [3.05, 3.63) is 30.1 Å². The predicted molar refractivity (Wildman–Crippen MR) is 98.2 cm³/mol. The van der Waals surface area contributed by atoms with Crippen LogP contribution in [0.25, 0.3) is 0 Å². The van der Waals surface area contributed by atoms with E-state index in [0.29, 0.717) is 19.0 Å². The highest BCUT2D eigenvalue weighted by Gasteiger charge is 2.40. The second-order valence-electron chi connectivity index (χ2n) is 7.84. The largest absolute Gasteiger partial charge is 0.340 e. The monoisotopic (exact) mass is 356 g/mol. The van der Waals surface area contributed by atoms with Crippen molar-refractivity contribution >= 4 is 11.8 Å². The third-order valence-corrected chi connectivity index (χ3v) is 6.11. The van der Waals surface area contributed by atoms with Gasteiger partial charge in [-0.05, 0) is 30.5 Å². The Morgan fingerprint density at radius 1 is 1.08 bits per heavy atom. The molecule has 3 heterocycles. The summed E-state index contributed by atoms with van der Waals surface area (Å²) in [5, 5.41) is 0. The van der Waals surface area contributed by atoms with Gasteiger partial charge in [-0.15, -0.1) is 0 Å². The molecule has 0 spiro atoms. The number of likely N-dealkylation sites (tertiary alicyclic amines) is 1. The van der Waals surface area contributed by atoms with E-state index in [0.717, 1.165) is 45.6 Å². The molecule has 2 aliphatic heterocycles. The highest BCUT2D eigenvalue weighted by Crippen LogP contribution is 2.30. The fourth-order valence-corrected chi connectivity index (χ4v) is 4.60. The number of amides is 2. The van der Waals surface area contributed by atoms with Gasteiger partial charge in [0.1, 0.15) is 0 Å². The molecule has 3 fully saturated rings. The van der Waals surface area contributed by atoms with Gasteiger partial charge in [-0.25, -0.2) is 0 Å². The Morgan fingerprint density at radius 2 is 1.77 bits per heavy atom. The first-order valence-corrected chi connectivity index (χ1v) is 9.90. The van der Waals surface area contributed by atoms with Gasteiger partial charge in [0.25, 0.3) is 0 Å². The lowest BCUT2D eigenvalue weighted by atomic mass is 10.1.